The van der Waals surface area contributed by atoms with Crippen LogP contribution in [0, 0.1) is 0 Å². The number of benzene rings is 1. The fraction of sp³-hybridized carbons (Fsp3) is 0.250. The summed E-state index contributed by atoms with van der Waals surface area (Å²) in [5.41, 5.74) is 1.05. The molecule has 1 unspecified atom stereocenters. The van der Waals surface area contributed by atoms with E-state index in [0.29, 0.717) is 0 Å². The topological polar surface area (TPSA) is 52.0 Å². The highest BCUT2D eigenvalue weighted by atomic mass is 32.2. The quantitative estimate of drug-likeness (QED) is 0.836. The van der Waals surface area contributed by atoms with Crippen molar-refractivity contribution in [2.45, 2.75) is 18.1 Å². The first-order valence-corrected chi connectivity index (χ1v) is 7.17. The zero-order chi connectivity index (χ0) is 12.5. The number of hydrogen-bond acceptors (Lipinski definition) is 3. The van der Waals surface area contributed by atoms with E-state index in [0.717, 1.165) is 5.56 Å². The van der Waals surface area contributed by atoms with Crippen LogP contribution < -0.4 is 0 Å². The van der Waals surface area contributed by atoms with Crippen LogP contribution in [0.15, 0.2) is 47.9 Å². The number of aromatic nitrogens is 2. The second kappa shape index (κ2) is 4.33. The molecule has 1 atom stereocenters. The van der Waals surface area contributed by atoms with Crippen LogP contribution in [-0.2, 0) is 9.84 Å². The maximum atomic E-state index is 11.6. The van der Waals surface area contributed by atoms with Gasteiger partial charge in [0.25, 0.3) is 0 Å². The van der Waals surface area contributed by atoms with Crippen molar-refractivity contribution in [1.82, 2.24) is 9.55 Å². The fourth-order valence-electron chi connectivity index (χ4n) is 1.77. The number of rotatable bonds is 3. The summed E-state index contributed by atoms with van der Waals surface area (Å²) in [4.78, 5) is 3.91. The molecule has 1 aromatic carbocycles. The first kappa shape index (κ1) is 11.9. The highest BCUT2D eigenvalue weighted by Gasteiger charge is 2.18. The van der Waals surface area contributed by atoms with Crippen molar-refractivity contribution >= 4 is 9.84 Å². The van der Waals surface area contributed by atoms with Crippen LogP contribution in [0.4, 0.5) is 0 Å². The molecule has 1 aromatic heterocycles. The van der Waals surface area contributed by atoms with E-state index in [4.69, 9.17) is 0 Å². The van der Waals surface area contributed by atoms with Crippen LogP contribution in [0.1, 0.15) is 18.5 Å². The van der Waals surface area contributed by atoms with E-state index in [1.807, 2.05) is 37.3 Å². The monoisotopic (exact) mass is 250 g/mol. The maximum absolute atomic E-state index is 11.6. The van der Waals surface area contributed by atoms with E-state index >= 15 is 0 Å². The predicted molar refractivity (Wildman–Crippen MR) is 65.6 cm³/mol. The average molecular weight is 250 g/mol. The number of sulfone groups is 1. The number of nitrogens with zero attached hydrogens (tertiary/aromatic N) is 2. The van der Waals surface area contributed by atoms with Crippen molar-refractivity contribution in [2.24, 2.45) is 0 Å². The first-order valence-electron chi connectivity index (χ1n) is 5.28. The van der Waals surface area contributed by atoms with Crippen LogP contribution in [0.25, 0.3) is 0 Å². The molecule has 17 heavy (non-hydrogen) atoms. The molecule has 2 aromatic rings. The van der Waals surface area contributed by atoms with Crippen molar-refractivity contribution < 1.29 is 8.42 Å². The molecule has 0 amide bonds. The molecule has 1 heterocycles. The summed E-state index contributed by atoms with van der Waals surface area (Å²) < 4.78 is 24.8. The summed E-state index contributed by atoms with van der Waals surface area (Å²) in [7, 11) is -3.29. The molecule has 4 nitrogen and oxygen atoms in total. The molecular formula is C12H14N2O2S. The lowest BCUT2D eigenvalue weighted by Crippen LogP contribution is -2.13. The van der Waals surface area contributed by atoms with Gasteiger partial charge in [0.15, 0.2) is 0 Å². The van der Waals surface area contributed by atoms with Gasteiger partial charge < -0.3 is 4.57 Å². The number of imidazole rings is 1. The van der Waals surface area contributed by atoms with Gasteiger partial charge >= 0.3 is 0 Å². The highest BCUT2D eigenvalue weighted by Crippen LogP contribution is 2.20. The summed E-state index contributed by atoms with van der Waals surface area (Å²) in [6, 6.07) is 9.68. The van der Waals surface area contributed by atoms with Gasteiger partial charge in [0, 0.05) is 18.6 Å². The van der Waals surface area contributed by atoms with Crippen molar-refractivity contribution in [3.8, 4) is 0 Å². The van der Waals surface area contributed by atoms with Gasteiger partial charge in [-0.15, -0.1) is 0 Å². The molecule has 0 bridgehead atoms. The molecule has 0 aliphatic rings. The second-order valence-corrected chi connectivity index (χ2v) is 5.89. The lowest BCUT2D eigenvalue weighted by Gasteiger charge is -2.15. The Bertz CT molecular complexity index is 602. The Morgan fingerprint density at radius 2 is 1.88 bits per heavy atom. The summed E-state index contributed by atoms with van der Waals surface area (Å²) in [5, 5.41) is 0.105. The largest absolute Gasteiger partial charge is 0.315 e. The van der Waals surface area contributed by atoms with Gasteiger partial charge in [-0.1, -0.05) is 30.3 Å². The Kier molecular flexibility index (Phi) is 3.02. The van der Waals surface area contributed by atoms with Gasteiger partial charge in [-0.2, -0.15) is 0 Å². The Hall–Kier alpha value is -1.62. The molecule has 0 aliphatic heterocycles. The first-order chi connectivity index (χ1) is 8.00. The van der Waals surface area contributed by atoms with E-state index in [1.165, 1.54) is 12.5 Å². The SMILES string of the molecule is CC(c1ccccc1)n1ccnc1S(C)(=O)=O. The predicted octanol–water partition coefficient (Wildman–Crippen LogP) is 1.90. The fourth-order valence-corrected chi connectivity index (χ4v) is 2.63. The van der Waals surface area contributed by atoms with E-state index in [1.54, 1.807) is 10.8 Å². The Labute approximate surface area is 101 Å². The maximum Gasteiger partial charge on any atom is 0.227 e. The summed E-state index contributed by atoms with van der Waals surface area (Å²) in [5.74, 6) is 0. The zero-order valence-electron chi connectivity index (χ0n) is 9.74. The van der Waals surface area contributed by atoms with Gasteiger partial charge in [0.1, 0.15) is 0 Å². The minimum absolute atomic E-state index is 0.0524. The standard InChI is InChI=1S/C12H14N2O2S/c1-10(11-6-4-3-5-7-11)14-9-8-13-12(14)17(2,15)16/h3-10H,1-2H3. The third kappa shape index (κ3) is 2.39. The molecule has 0 saturated heterocycles. The lowest BCUT2D eigenvalue weighted by atomic mass is 10.1. The van der Waals surface area contributed by atoms with Crippen molar-refractivity contribution in [1.29, 1.82) is 0 Å². The molecule has 0 spiro atoms. The van der Waals surface area contributed by atoms with Gasteiger partial charge in [0.2, 0.25) is 15.0 Å². The zero-order valence-corrected chi connectivity index (χ0v) is 10.6. The third-order valence-corrected chi connectivity index (χ3v) is 3.64. The van der Waals surface area contributed by atoms with Gasteiger partial charge in [-0.3, -0.25) is 0 Å². The minimum Gasteiger partial charge on any atom is -0.315 e. The lowest BCUT2D eigenvalue weighted by molar-refractivity contribution is 0.543. The number of hydrogen-bond donors (Lipinski definition) is 0. The van der Waals surface area contributed by atoms with Crippen LogP contribution in [-0.4, -0.2) is 24.2 Å². The van der Waals surface area contributed by atoms with Crippen LogP contribution >= 0.6 is 0 Å². The minimum atomic E-state index is -3.29. The Morgan fingerprint density at radius 1 is 1.24 bits per heavy atom. The third-order valence-electron chi connectivity index (χ3n) is 2.66. The van der Waals surface area contributed by atoms with Gasteiger partial charge in [-0.25, -0.2) is 13.4 Å². The van der Waals surface area contributed by atoms with Gasteiger partial charge in [0.05, 0.1) is 6.04 Å². The smallest absolute Gasteiger partial charge is 0.227 e. The summed E-state index contributed by atoms with van der Waals surface area (Å²) in [6.45, 7) is 1.95. The van der Waals surface area contributed by atoms with Crippen LogP contribution in [0.2, 0.25) is 0 Å². The van der Waals surface area contributed by atoms with Crippen LogP contribution in [0.5, 0.6) is 0 Å². The molecule has 0 saturated carbocycles. The van der Waals surface area contributed by atoms with E-state index in [-0.39, 0.29) is 11.2 Å². The normalized spacial score (nSPS) is 13.5. The molecule has 5 heteroatoms. The highest BCUT2D eigenvalue weighted by molar-refractivity contribution is 7.90. The van der Waals surface area contributed by atoms with Gasteiger partial charge in [-0.05, 0) is 12.5 Å². The summed E-state index contributed by atoms with van der Waals surface area (Å²) in [6.07, 6.45) is 4.37. The van der Waals surface area contributed by atoms with Crippen molar-refractivity contribution in [3.05, 3.63) is 48.3 Å². The Morgan fingerprint density at radius 3 is 2.47 bits per heavy atom. The van der Waals surface area contributed by atoms with Crippen molar-refractivity contribution in [3.63, 3.8) is 0 Å². The van der Waals surface area contributed by atoms with E-state index < -0.39 is 9.84 Å². The van der Waals surface area contributed by atoms with Crippen LogP contribution in [0.3, 0.4) is 0 Å². The van der Waals surface area contributed by atoms with E-state index in [2.05, 4.69) is 4.98 Å². The molecule has 0 aliphatic carbocycles. The molecular weight excluding hydrogens is 236 g/mol. The second-order valence-electron chi connectivity index (χ2n) is 3.98. The molecule has 0 radical (unpaired) electrons. The molecule has 90 valence electrons. The Balaban J connectivity index is 2.46. The molecule has 2 rings (SSSR count). The molecule has 0 N–H and O–H groups in total. The average Bonchev–Trinajstić information content (AvgIpc) is 2.78. The molecule has 0 fully saturated rings. The van der Waals surface area contributed by atoms with E-state index in [9.17, 15) is 8.42 Å². The summed E-state index contributed by atoms with van der Waals surface area (Å²) >= 11 is 0. The van der Waals surface area contributed by atoms with Crippen molar-refractivity contribution in [2.75, 3.05) is 6.26 Å².